The van der Waals surface area contributed by atoms with E-state index in [-0.39, 0.29) is 17.7 Å². The minimum absolute atomic E-state index is 0.0341. The van der Waals surface area contributed by atoms with Crippen molar-refractivity contribution in [2.24, 2.45) is 5.92 Å². The van der Waals surface area contributed by atoms with Crippen molar-refractivity contribution in [2.75, 3.05) is 38.2 Å². The maximum Gasteiger partial charge on any atom is 0.251 e. The zero-order valence-electron chi connectivity index (χ0n) is 17.9. The number of hydrogen-bond acceptors (Lipinski definition) is 4. The van der Waals surface area contributed by atoms with Gasteiger partial charge >= 0.3 is 0 Å². The summed E-state index contributed by atoms with van der Waals surface area (Å²) in [6.45, 7) is 6.17. The molecular formula is C23H27Cl2N3O3. The summed E-state index contributed by atoms with van der Waals surface area (Å²) in [4.78, 5) is 29.7. The standard InChI is InChI=1S/C23H27Cl2N3O3/c1-15(2)21(26-22(29)16-7-5-4-6-8-16)23(30)28-11-9-27(10-12-28)19-14-20(31-3)18(25)13-17(19)24/h4-8,13-15,21H,9-12H2,1-3H3,(H,26,29)/t21-/m1/s1. The Labute approximate surface area is 193 Å². The van der Waals surface area contributed by atoms with E-state index in [1.807, 2.05) is 26.0 Å². The number of halogens is 2. The minimum Gasteiger partial charge on any atom is -0.495 e. The number of anilines is 1. The molecule has 0 aliphatic carbocycles. The molecule has 1 aliphatic heterocycles. The Bertz CT molecular complexity index is 929. The second kappa shape index (κ2) is 10.2. The van der Waals surface area contributed by atoms with E-state index in [4.69, 9.17) is 27.9 Å². The number of ether oxygens (including phenoxy) is 1. The van der Waals surface area contributed by atoms with Crippen molar-refractivity contribution in [1.29, 1.82) is 0 Å². The van der Waals surface area contributed by atoms with Gasteiger partial charge in [-0.25, -0.2) is 0 Å². The predicted octanol–water partition coefficient (Wildman–Crippen LogP) is 4.11. The number of nitrogens with one attached hydrogen (secondary N) is 1. The largest absolute Gasteiger partial charge is 0.495 e. The summed E-state index contributed by atoms with van der Waals surface area (Å²) in [5.41, 5.74) is 1.37. The van der Waals surface area contributed by atoms with Crippen LogP contribution >= 0.6 is 23.2 Å². The second-order valence-corrected chi connectivity index (χ2v) is 8.63. The van der Waals surface area contributed by atoms with Crippen molar-refractivity contribution in [1.82, 2.24) is 10.2 Å². The van der Waals surface area contributed by atoms with Crippen molar-refractivity contribution < 1.29 is 14.3 Å². The Kier molecular flexibility index (Phi) is 7.68. The molecule has 8 heteroatoms. The van der Waals surface area contributed by atoms with E-state index in [1.54, 1.807) is 42.3 Å². The molecule has 1 N–H and O–H groups in total. The zero-order chi connectivity index (χ0) is 22.5. The van der Waals surface area contributed by atoms with Gasteiger partial charge in [0.1, 0.15) is 11.8 Å². The third kappa shape index (κ3) is 5.43. The highest BCUT2D eigenvalue weighted by Gasteiger charge is 2.31. The van der Waals surface area contributed by atoms with Gasteiger partial charge in [-0.05, 0) is 24.1 Å². The molecule has 1 atom stereocenters. The molecule has 2 aromatic rings. The summed E-state index contributed by atoms with van der Waals surface area (Å²) in [6.07, 6.45) is 0. The summed E-state index contributed by atoms with van der Waals surface area (Å²) < 4.78 is 5.30. The summed E-state index contributed by atoms with van der Waals surface area (Å²) in [6, 6.07) is 11.8. The number of carbonyl (C=O) groups is 2. The molecule has 1 aliphatic rings. The van der Waals surface area contributed by atoms with Gasteiger partial charge < -0.3 is 19.9 Å². The molecule has 1 saturated heterocycles. The van der Waals surface area contributed by atoms with Crippen molar-refractivity contribution in [2.45, 2.75) is 19.9 Å². The van der Waals surface area contributed by atoms with Crippen LogP contribution in [0.1, 0.15) is 24.2 Å². The summed E-state index contributed by atoms with van der Waals surface area (Å²) in [5, 5.41) is 3.91. The molecule has 0 saturated carbocycles. The van der Waals surface area contributed by atoms with Crippen LogP contribution < -0.4 is 15.0 Å². The second-order valence-electron chi connectivity index (χ2n) is 7.81. The molecule has 0 spiro atoms. The summed E-state index contributed by atoms with van der Waals surface area (Å²) >= 11 is 12.5. The van der Waals surface area contributed by atoms with Crippen molar-refractivity contribution in [3.8, 4) is 5.75 Å². The minimum atomic E-state index is -0.585. The lowest BCUT2D eigenvalue weighted by molar-refractivity contribution is -0.134. The quantitative estimate of drug-likeness (QED) is 0.699. The van der Waals surface area contributed by atoms with Crippen LogP contribution in [0.4, 0.5) is 5.69 Å². The number of piperazine rings is 1. The lowest BCUT2D eigenvalue weighted by Gasteiger charge is -2.38. The Morgan fingerprint density at radius 1 is 1.00 bits per heavy atom. The number of nitrogens with zero attached hydrogens (tertiary/aromatic N) is 2. The van der Waals surface area contributed by atoms with E-state index in [0.717, 1.165) is 5.69 Å². The van der Waals surface area contributed by atoms with Crippen LogP contribution in [0.5, 0.6) is 5.75 Å². The molecule has 0 radical (unpaired) electrons. The number of amides is 2. The topological polar surface area (TPSA) is 61.9 Å². The van der Waals surface area contributed by atoms with Crippen molar-refractivity contribution in [3.63, 3.8) is 0 Å². The first-order valence-corrected chi connectivity index (χ1v) is 11.0. The molecule has 2 amide bonds. The fourth-order valence-corrected chi connectivity index (χ4v) is 4.19. The normalized spacial score (nSPS) is 15.0. The maximum atomic E-state index is 13.2. The molecule has 3 rings (SSSR count). The number of methoxy groups -OCH3 is 1. The number of carbonyl (C=O) groups excluding carboxylic acids is 2. The first-order chi connectivity index (χ1) is 14.8. The van der Waals surface area contributed by atoms with E-state index in [9.17, 15) is 9.59 Å². The van der Waals surface area contributed by atoms with E-state index in [0.29, 0.717) is 47.5 Å². The molecule has 0 bridgehead atoms. The molecule has 0 aromatic heterocycles. The van der Waals surface area contributed by atoms with Gasteiger partial charge in [0.2, 0.25) is 5.91 Å². The van der Waals surface area contributed by atoms with Crippen LogP contribution in [0.15, 0.2) is 42.5 Å². The molecule has 6 nitrogen and oxygen atoms in total. The van der Waals surface area contributed by atoms with Crippen LogP contribution in [0.2, 0.25) is 10.0 Å². The number of hydrogen-bond donors (Lipinski definition) is 1. The average Bonchev–Trinajstić information content (AvgIpc) is 2.77. The van der Waals surface area contributed by atoms with Gasteiger partial charge in [0, 0.05) is 37.8 Å². The van der Waals surface area contributed by atoms with E-state index in [2.05, 4.69) is 10.2 Å². The first kappa shape index (κ1) is 23.2. The van der Waals surface area contributed by atoms with Crippen LogP contribution in [0.25, 0.3) is 0 Å². The van der Waals surface area contributed by atoms with Crippen LogP contribution in [0, 0.1) is 5.92 Å². The Morgan fingerprint density at radius 2 is 1.65 bits per heavy atom. The molecule has 1 heterocycles. The fourth-order valence-electron chi connectivity index (χ4n) is 3.61. The van der Waals surface area contributed by atoms with E-state index < -0.39 is 6.04 Å². The molecule has 2 aromatic carbocycles. The molecule has 1 fully saturated rings. The van der Waals surface area contributed by atoms with Crippen LogP contribution in [-0.4, -0.2) is 56.0 Å². The lowest BCUT2D eigenvalue weighted by Crippen LogP contribution is -2.56. The highest BCUT2D eigenvalue weighted by Crippen LogP contribution is 2.36. The maximum absolute atomic E-state index is 13.2. The van der Waals surface area contributed by atoms with Gasteiger partial charge in [-0.3, -0.25) is 9.59 Å². The molecule has 166 valence electrons. The van der Waals surface area contributed by atoms with Crippen molar-refractivity contribution >= 4 is 40.7 Å². The first-order valence-electron chi connectivity index (χ1n) is 10.2. The molecular weight excluding hydrogens is 437 g/mol. The Hall–Kier alpha value is -2.44. The van der Waals surface area contributed by atoms with Crippen molar-refractivity contribution in [3.05, 3.63) is 58.1 Å². The molecule has 31 heavy (non-hydrogen) atoms. The summed E-state index contributed by atoms with van der Waals surface area (Å²) in [7, 11) is 1.56. The number of benzene rings is 2. The summed E-state index contributed by atoms with van der Waals surface area (Å²) in [5.74, 6) is 0.210. The van der Waals surface area contributed by atoms with Gasteiger partial charge in [-0.1, -0.05) is 55.2 Å². The SMILES string of the molecule is COc1cc(N2CCN(C(=O)[C@H](NC(=O)c3ccccc3)C(C)C)CC2)c(Cl)cc1Cl. The van der Waals surface area contributed by atoms with Gasteiger partial charge in [0.15, 0.2) is 0 Å². The van der Waals surface area contributed by atoms with E-state index >= 15 is 0 Å². The predicted molar refractivity (Wildman–Crippen MR) is 124 cm³/mol. The third-order valence-corrected chi connectivity index (χ3v) is 6.01. The average molecular weight is 464 g/mol. The van der Waals surface area contributed by atoms with Crippen LogP contribution in [-0.2, 0) is 4.79 Å². The van der Waals surface area contributed by atoms with Crippen LogP contribution in [0.3, 0.4) is 0 Å². The van der Waals surface area contributed by atoms with E-state index in [1.165, 1.54) is 0 Å². The monoisotopic (exact) mass is 463 g/mol. The van der Waals surface area contributed by atoms with Gasteiger partial charge in [0.25, 0.3) is 5.91 Å². The highest BCUT2D eigenvalue weighted by molar-refractivity contribution is 6.37. The zero-order valence-corrected chi connectivity index (χ0v) is 19.4. The third-order valence-electron chi connectivity index (χ3n) is 5.41. The Morgan fingerprint density at radius 3 is 2.23 bits per heavy atom. The highest BCUT2D eigenvalue weighted by atomic mass is 35.5. The van der Waals surface area contributed by atoms with Gasteiger partial charge in [-0.15, -0.1) is 0 Å². The lowest BCUT2D eigenvalue weighted by atomic mass is 10.0. The Balaban J connectivity index is 1.66. The molecule has 0 unspecified atom stereocenters. The smallest absolute Gasteiger partial charge is 0.251 e. The fraction of sp³-hybridized carbons (Fsp3) is 0.391. The van der Waals surface area contributed by atoms with Gasteiger partial charge in [0.05, 0.1) is 22.8 Å². The number of rotatable bonds is 6. The van der Waals surface area contributed by atoms with Gasteiger partial charge in [-0.2, -0.15) is 0 Å².